The number of rotatable bonds is 5. The van der Waals surface area contributed by atoms with Crippen LogP contribution in [0, 0.1) is 0 Å². The molecule has 2 N–H and O–H groups in total. The van der Waals surface area contributed by atoms with Gasteiger partial charge < -0.3 is 14.8 Å². The topological polar surface area (TPSA) is 76.7 Å². The zero-order valence-corrected chi connectivity index (χ0v) is 15.1. The lowest BCUT2D eigenvalue weighted by Gasteiger charge is -2.16. The summed E-state index contributed by atoms with van der Waals surface area (Å²) >= 11 is 0. The summed E-state index contributed by atoms with van der Waals surface area (Å²) in [6.45, 7) is 1.62. The van der Waals surface area contributed by atoms with Gasteiger partial charge in [0.05, 0.1) is 7.11 Å². The molecule has 1 fully saturated rings. The molecule has 3 rings (SSSR count). The van der Waals surface area contributed by atoms with E-state index in [1.807, 2.05) is 30.3 Å². The first-order valence-electron chi connectivity index (χ1n) is 8.91. The third-order valence-corrected chi connectivity index (χ3v) is 4.63. The van der Waals surface area contributed by atoms with Gasteiger partial charge in [0.1, 0.15) is 11.5 Å². The number of urea groups is 1. The summed E-state index contributed by atoms with van der Waals surface area (Å²) in [4.78, 5) is 24.1. The van der Waals surface area contributed by atoms with Crippen LogP contribution in [0.5, 0.6) is 11.5 Å². The minimum absolute atomic E-state index is 0.162. The number of fused-ring (bicyclic) bond motifs is 1. The largest absolute Gasteiger partial charge is 0.497 e. The lowest BCUT2D eigenvalue weighted by molar-refractivity contribution is -0.126. The van der Waals surface area contributed by atoms with Crippen molar-refractivity contribution in [1.82, 2.24) is 10.6 Å². The number of ether oxygens (including phenoxy) is 2. The van der Waals surface area contributed by atoms with Gasteiger partial charge in [-0.2, -0.15) is 0 Å². The van der Waals surface area contributed by atoms with E-state index in [4.69, 9.17) is 9.47 Å². The van der Waals surface area contributed by atoms with Gasteiger partial charge in [-0.1, -0.05) is 25.0 Å². The molecule has 1 saturated carbocycles. The summed E-state index contributed by atoms with van der Waals surface area (Å²) in [6.07, 6.45) is 3.38. The van der Waals surface area contributed by atoms with Crippen molar-refractivity contribution in [3.63, 3.8) is 0 Å². The van der Waals surface area contributed by atoms with Gasteiger partial charge in [0.25, 0.3) is 5.91 Å². The first-order chi connectivity index (χ1) is 12.5. The molecular weight excluding hydrogens is 332 g/mol. The fourth-order valence-corrected chi connectivity index (χ4v) is 3.17. The molecule has 26 heavy (non-hydrogen) atoms. The van der Waals surface area contributed by atoms with E-state index < -0.39 is 18.0 Å². The van der Waals surface area contributed by atoms with E-state index in [0.717, 1.165) is 42.2 Å². The molecule has 1 aliphatic rings. The van der Waals surface area contributed by atoms with Gasteiger partial charge in [-0.05, 0) is 54.8 Å². The molecule has 1 aliphatic carbocycles. The normalized spacial score (nSPS) is 15.5. The van der Waals surface area contributed by atoms with E-state index in [9.17, 15) is 9.59 Å². The Hall–Kier alpha value is -2.76. The minimum Gasteiger partial charge on any atom is -0.497 e. The van der Waals surface area contributed by atoms with Gasteiger partial charge in [0.15, 0.2) is 6.10 Å². The highest BCUT2D eigenvalue weighted by Crippen LogP contribution is 2.25. The molecule has 6 nitrogen and oxygen atoms in total. The van der Waals surface area contributed by atoms with Crippen molar-refractivity contribution < 1.29 is 19.1 Å². The van der Waals surface area contributed by atoms with Gasteiger partial charge in [0, 0.05) is 6.04 Å². The molecule has 138 valence electrons. The van der Waals surface area contributed by atoms with Crippen LogP contribution in [0.15, 0.2) is 36.4 Å². The highest BCUT2D eigenvalue weighted by atomic mass is 16.5. The van der Waals surface area contributed by atoms with Crippen molar-refractivity contribution in [2.75, 3.05) is 7.11 Å². The maximum absolute atomic E-state index is 12.2. The van der Waals surface area contributed by atoms with Gasteiger partial charge in [-0.3, -0.25) is 10.1 Å². The Morgan fingerprint density at radius 3 is 2.38 bits per heavy atom. The molecule has 0 saturated heterocycles. The molecule has 0 radical (unpaired) electrons. The van der Waals surface area contributed by atoms with E-state index in [1.165, 1.54) is 0 Å². The fraction of sp³-hybridized carbons (Fsp3) is 0.400. The molecule has 0 unspecified atom stereocenters. The zero-order chi connectivity index (χ0) is 18.5. The second-order valence-electron chi connectivity index (χ2n) is 6.58. The van der Waals surface area contributed by atoms with Crippen LogP contribution in [0.2, 0.25) is 0 Å². The van der Waals surface area contributed by atoms with E-state index in [0.29, 0.717) is 5.75 Å². The van der Waals surface area contributed by atoms with Crippen LogP contribution in [0.25, 0.3) is 10.8 Å². The second-order valence-corrected chi connectivity index (χ2v) is 6.58. The standard InChI is InChI=1S/C20H24N2O4/c1-13(19(23)22-20(24)21-16-5-3-4-6-16)26-18-10-8-14-7-9-17(25-2)11-15(14)12-18/h7-13,16H,3-6H2,1-2H3,(H2,21,22,23,24)/t13-/m0/s1. The molecule has 6 heteroatoms. The van der Waals surface area contributed by atoms with Crippen molar-refractivity contribution in [3.05, 3.63) is 36.4 Å². The molecule has 0 spiro atoms. The second kappa shape index (κ2) is 8.08. The van der Waals surface area contributed by atoms with Gasteiger partial charge in [-0.25, -0.2) is 4.79 Å². The third kappa shape index (κ3) is 4.45. The van der Waals surface area contributed by atoms with Crippen LogP contribution in [0.4, 0.5) is 4.79 Å². The van der Waals surface area contributed by atoms with Crippen molar-refractivity contribution >= 4 is 22.7 Å². The number of hydrogen-bond donors (Lipinski definition) is 2. The van der Waals surface area contributed by atoms with E-state index in [2.05, 4.69) is 10.6 Å². The summed E-state index contributed by atoms with van der Waals surface area (Å²) in [6, 6.07) is 11.0. The summed E-state index contributed by atoms with van der Waals surface area (Å²) < 4.78 is 10.9. The van der Waals surface area contributed by atoms with E-state index in [1.54, 1.807) is 20.1 Å². The fourth-order valence-electron chi connectivity index (χ4n) is 3.17. The predicted molar refractivity (Wildman–Crippen MR) is 99.5 cm³/mol. The summed E-state index contributed by atoms with van der Waals surface area (Å²) in [5.74, 6) is 0.847. The number of carbonyl (C=O) groups is 2. The Kier molecular flexibility index (Phi) is 5.61. The highest BCUT2D eigenvalue weighted by Gasteiger charge is 2.21. The molecule has 0 heterocycles. The molecule has 2 aromatic rings. The van der Waals surface area contributed by atoms with Gasteiger partial charge in [0.2, 0.25) is 0 Å². The number of benzene rings is 2. The average molecular weight is 356 g/mol. The lowest BCUT2D eigenvalue weighted by Crippen LogP contribution is -2.47. The Morgan fingerprint density at radius 1 is 1.04 bits per heavy atom. The van der Waals surface area contributed by atoms with Crippen molar-refractivity contribution in [1.29, 1.82) is 0 Å². The van der Waals surface area contributed by atoms with Crippen LogP contribution >= 0.6 is 0 Å². The average Bonchev–Trinajstić information content (AvgIpc) is 3.13. The highest BCUT2D eigenvalue weighted by molar-refractivity contribution is 5.96. The number of hydrogen-bond acceptors (Lipinski definition) is 4. The van der Waals surface area contributed by atoms with Gasteiger partial charge in [-0.15, -0.1) is 0 Å². The molecular formula is C20H24N2O4. The number of carbonyl (C=O) groups excluding carboxylic acids is 2. The van der Waals surface area contributed by atoms with Crippen molar-refractivity contribution in [2.24, 2.45) is 0 Å². The van der Waals surface area contributed by atoms with Crippen LogP contribution in [-0.4, -0.2) is 31.2 Å². The maximum atomic E-state index is 12.2. The SMILES string of the molecule is COc1ccc2ccc(O[C@@H](C)C(=O)NC(=O)NC3CCCC3)cc2c1. The first kappa shape index (κ1) is 18.0. The van der Waals surface area contributed by atoms with E-state index in [-0.39, 0.29) is 6.04 Å². The Balaban J connectivity index is 1.59. The van der Waals surface area contributed by atoms with Crippen LogP contribution < -0.4 is 20.1 Å². The Morgan fingerprint density at radius 2 is 1.69 bits per heavy atom. The molecule has 3 amide bonds. The lowest BCUT2D eigenvalue weighted by atomic mass is 10.1. The van der Waals surface area contributed by atoms with Crippen molar-refractivity contribution in [3.8, 4) is 11.5 Å². The maximum Gasteiger partial charge on any atom is 0.321 e. The summed E-state index contributed by atoms with van der Waals surface area (Å²) in [7, 11) is 1.62. The molecule has 0 bridgehead atoms. The minimum atomic E-state index is -0.785. The van der Waals surface area contributed by atoms with Crippen molar-refractivity contribution in [2.45, 2.75) is 44.8 Å². The summed E-state index contributed by atoms with van der Waals surface area (Å²) in [5.41, 5.74) is 0. The number of amides is 3. The Bertz CT molecular complexity index is 799. The zero-order valence-electron chi connectivity index (χ0n) is 15.1. The smallest absolute Gasteiger partial charge is 0.321 e. The van der Waals surface area contributed by atoms with E-state index >= 15 is 0 Å². The van der Waals surface area contributed by atoms with Crippen LogP contribution in [0.1, 0.15) is 32.6 Å². The summed E-state index contributed by atoms with van der Waals surface area (Å²) in [5, 5.41) is 7.17. The molecule has 2 aromatic carbocycles. The number of methoxy groups -OCH3 is 1. The molecule has 1 atom stereocenters. The monoisotopic (exact) mass is 356 g/mol. The predicted octanol–water partition coefficient (Wildman–Crippen LogP) is 3.38. The van der Waals surface area contributed by atoms with Crippen LogP contribution in [-0.2, 0) is 4.79 Å². The quantitative estimate of drug-likeness (QED) is 0.861. The van der Waals surface area contributed by atoms with Gasteiger partial charge >= 0.3 is 6.03 Å². The van der Waals surface area contributed by atoms with Crippen LogP contribution in [0.3, 0.4) is 0 Å². The Labute approximate surface area is 152 Å². The third-order valence-electron chi connectivity index (χ3n) is 4.63. The molecule has 0 aromatic heterocycles. The first-order valence-corrected chi connectivity index (χ1v) is 8.91. The number of imide groups is 1. The number of nitrogens with one attached hydrogen (secondary N) is 2. The molecule has 0 aliphatic heterocycles.